The summed E-state index contributed by atoms with van der Waals surface area (Å²) >= 11 is 3.06. The highest BCUT2D eigenvalue weighted by Crippen LogP contribution is 2.14. The molecule has 90 valence electrons. The molecule has 3 aromatic heterocycles. The van der Waals surface area contributed by atoms with Gasteiger partial charge in [-0.1, -0.05) is 0 Å². The Balaban J connectivity index is 2.14. The molecule has 0 amide bonds. The van der Waals surface area contributed by atoms with E-state index in [-0.39, 0.29) is 5.56 Å². The summed E-state index contributed by atoms with van der Waals surface area (Å²) in [5.41, 5.74) is 0.863. The smallest absolute Gasteiger partial charge is 0.267 e. The first-order valence-electron chi connectivity index (χ1n) is 5.29. The van der Waals surface area contributed by atoms with Crippen LogP contribution >= 0.6 is 22.7 Å². The van der Waals surface area contributed by atoms with E-state index in [0.29, 0.717) is 11.2 Å². The van der Waals surface area contributed by atoms with Gasteiger partial charge in [0.15, 0.2) is 0 Å². The molecule has 0 spiro atoms. The quantitative estimate of drug-likeness (QED) is 0.675. The van der Waals surface area contributed by atoms with Gasteiger partial charge >= 0.3 is 0 Å². The molecular weight excluding hydrogens is 266 g/mol. The van der Waals surface area contributed by atoms with E-state index < -0.39 is 0 Å². The molecule has 4 nitrogen and oxygen atoms in total. The van der Waals surface area contributed by atoms with Gasteiger partial charge in [-0.3, -0.25) is 4.79 Å². The summed E-state index contributed by atoms with van der Waals surface area (Å²) in [5.74, 6) is 0.599. The average Bonchev–Trinajstić information content (AvgIpc) is 2.98. The third kappa shape index (κ3) is 1.89. The molecule has 0 saturated heterocycles. The minimum absolute atomic E-state index is 0.120. The molecule has 0 aromatic carbocycles. The van der Waals surface area contributed by atoms with Crippen LogP contribution in [-0.2, 0) is 0 Å². The van der Waals surface area contributed by atoms with Crippen molar-refractivity contribution in [2.24, 2.45) is 5.10 Å². The number of rotatable bonds is 2. The standard InChI is InChI=1S/C12H9N3OS2/c1-8-14-11-10(3-5-18-11)12(16)15(8)13-6-9-2-4-17-7-9/h2-7H,1H3/b13-6-. The Labute approximate surface area is 111 Å². The number of aryl methyl sites for hydroxylation is 1. The predicted molar refractivity (Wildman–Crippen MR) is 75.9 cm³/mol. The summed E-state index contributed by atoms with van der Waals surface area (Å²) in [4.78, 5) is 17.3. The van der Waals surface area contributed by atoms with Gasteiger partial charge < -0.3 is 0 Å². The minimum Gasteiger partial charge on any atom is -0.267 e. The van der Waals surface area contributed by atoms with E-state index in [1.54, 1.807) is 30.5 Å². The van der Waals surface area contributed by atoms with Crippen LogP contribution < -0.4 is 5.56 Å². The highest BCUT2D eigenvalue weighted by molar-refractivity contribution is 7.16. The maximum absolute atomic E-state index is 12.2. The number of nitrogens with zero attached hydrogens (tertiary/aromatic N) is 3. The van der Waals surface area contributed by atoms with Crippen LogP contribution in [0.5, 0.6) is 0 Å². The van der Waals surface area contributed by atoms with Crippen molar-refractivity contribution in [2.45, 2.75) is 6.92 Å². The van der Waals surface area contributed by atoms with Crippen LogP contribution in [0.25, 0.3) is 10.2 Å². The van der Waals surface area contributed by atoms with Crippen molar-refractivity contribution in [1.29, 1.82) is 0 Å². The summed E-state index contributed by atoms with van der Waals surface area (Å²) in [7, 11) is 0. The van der Waals surface area contributed by atoms with E-state index in [1.165, 1.54) is 16.0 Å². The van der Waals surface area contributed by atoms with Crippen molar-refractivity contribution in [1.82, 2.24) is 9.66 Å². The molecule has 3 aromatic rings. The van der Waals surface area contributed by atoms with Crippen LogP contribution in [0.2, 0.25) is 0 Å². The molecular formula is C12H9N3OS2. The summed E-state index contributed by atoms with van der Waals surface area (Å²) in [5, 5.41) is 10.6. The summed E-state index contributed by atoms with van der Waals surface area (Å²) in [6, 6.07) is 3.73. The average molecular weight is 275 g/mol. The Morgan fingerprint density at radius 1 is 1.39 bits per heavy atom. The zero-order valence-electron chi connectivity index (χ0n) is 9.53. The molecule has 0 aliphatic rings. The van der Waals surface area contributed by atoms with Crippen LogP contribution in [0.4, 0.5) is 0 Å². The molecule has 0 bridgehead atoms. The Kier molecular flexibility index (Phi) is 2.81. The second-order valence-electron chi connectivity index (χ2n) is 3.72. The van der Waals surface area contributed by atoms with E-state index in [4.69, 9.17) is 0 Å². The zero-order chi connectivity index (χ0) is 12.5. The fourth-order valence-corrected chi connectivity index (χ4v) is 3.03. The predicted octanol–water partition coefficient (Wildman–Crippen LogP) is 2.71. The van der Waals surface area contributed by atoms with Gasteiger partial charge in [0.25, 0.3) is 5.56 Å². The molecule has 0 unspecified atom stereocenters. The fourth-order valence-electron chi connectivity index (χ4n) is 1.61. The van der Waals surface area contributed by atoms with Gasteiger partial charge in [-0.25, -0.2) is 4.98 Å². The van der Waals surface area contributed by atoms with Gasteiger partial charge in [0.2, 0.25) is 0 Å². The van der Waals surface area contributed by atoms with E-state index in [2.05, 4.69) is 10.1 Å². The second-order valence-corrected chi connectivity index (χ2v) is 5.39. The first-order valence-corrected chi connectivity index (χ1v) is 7.11. The van der Waals surface area contributed by atoms with E-state index in [9.17, 15) is 4.79 Å². The molecule has 18 heavy (non-hydrogen) atoms. The van der Waals surface area contributed by atoms with Crippen molar-refractivity contribution >= 4 is 39.1 Å². The molecule has 0 saturated carbocycles. The first kappa shape index (κ1) is 11.3. The van der Waals surface area contributed by atoms with Gasteiger partial charge in [0.05, 0.1) is 11.6 Å². The molecule has 3 rings (SSSR count). The fraction of sp³-hybridized carbons (Fsp3) is 0.0833. The highest BCUT2D eigenvalue weighted by Gasteiger charge is 2.07. The van der Waals surface area contributed by atoms with Gasteiger partial charge in [0.1, 0.15) is 10.7 Å². The lowest BCUT2D eigenvalue weighted by atomic mass is 10.4. The van der Waals surface area contributed by atoms with Crippen molar-refractivity contribution in [3.8, 4) is 0 Å². The Hall–Kier alpha value is -1.79. The van der Waals surface area contributed by atoms with Crippen LogP contribution in [0.1, 0.15) is 11.4 Å². The summed E-state index contributed by atoms with van der Waals surface area (Å²) < 4.78 is 1.34. The topological polar surface area (TPSA) is 47.2 Å². The normalized spacial score (nSPS) is 11.6. The monoisotopic (exact) mass is 275 g/mol. The first-order chi connectivity index (χ1) is 8.75. The van der Waals surface area contributed by atoms with Gasteiger partial charge in [0, 0.05) is 5.56 Å². The van der Waals surface area contributed by atoms with Crippen molar-refractivity contribution in [3.63, 3.8) is 0 Å². The maximum Gasteiger partial charge on any atom is 0.282 e. The Morgan fingerprint density at radius 2 is 2.28 bits per heavy atom. The van der Waals surface area contributed by atoms with E-state index >= 15 is 0 Å². The largest absolute Gasteiger partial charge is 0.282 e. The molecule has 6 heteroatoms. The lowest BCUT2D eigenvalue weighted by Gasteiger charge is -2.01. The van der Waals surface area contributed by atoms with Gasteiger partial charge in [-0.05, 0) is 35.2 Å². The number of aromatic nitrogens is 2. The highest BCUT2D eigenvalue weighted by atomic mass is 32.1. The van der Waals surface area contributed by atoms with E-state index in [1.807, 2.05) is 22.2 Å². The molecule has 0 aliphatic carbocycles. The second kappa shape index (κ2) is 4.47. The summed E-state index contributed by atoms with van der Waals surface area (Å²) in [6.07, 6.45) is 1.67. The molecule has 0 atom stereocenters. The Morgan fingerprint density at radius 3 is 3.06 bits per heavy atom. The molecule has 0 fully saturated rings. The van der Waals surface area contributed by atoms with Crippen LogP contribution in [0, 0.1) is 6.92 Å². The van der Waals surface area contributed by atoms with Crippen molar-refractivity contribution in [2.75, 3.05) is 0 Å². The third-order valence-corrected chi connectivity index (χ3v) is 4.01. The number of hydrogen-bond acceptors (Lipinski definition) is 5. The number of fused-ring (bicyclic) bond motifs is 1. The van der Waals surface area contributed by atoms with Crippen molar-refractivity contribution in [3.05, 3.63) is 50.0 Å². The molecule has 0 aliphatic heterocycles. The van der Waals surface area contributed by atoms with Crippen LogP contribution in [-0.4, -0.2) is 15.9 Å². The number of thiophene rings is 2. The van der Waals surface area contributed by atoms with Crippen LogP contribution in [0.15, 0.2) is 38.2 Å². The summed E-state index contributed by atoms with van der Waals surface area (Å²) in [6.45, 7) is 1.78. The van der Waals surface area contributed by atoms with Crippen LogP contribution in [0.3, 0.4) is 0 Å². The maximum atomic E-state index is 12.2. The lowest BCUT2D eigenvalue weighted by Crippen LogP contribution is -2.19. The van der Waals surface area contributed by atoms with E-state index in [0.717, 1.165) is 10.4 Å². The molecule has 0 radical (unpaired) electrons. The van der Waals surface area contributed by atoms with Crippen molar-refractivity contribution < 1.29 is 0 Å². The lowest BCUT2D eigenvalue weighted by molar-refractivity contribution is 0.772. The minimum atomic E-state index is -0.120. The third-order valence-electron chi connectivity index (χ3n) is 2.50. The molecule has 0 N–H and O–H groups in total. The van der Waals surface area contributed by atoms with Gasteiger partial charge in [-0.15, -0.1) is 11.3 Å². The zero-order valence-corrected chi connectivity index (χ0v) is 11.2. The SMILES string of the molecule is Cc1nc2sccc2c(=O)n1/N=C\c1ccsc1. The number of hydrogen-bond donors (Lipinski definition) is 0. The molecule has 3 heterocycles. The Bertz CT molecular complexity index is 768. The van der Waals surface area contributed by atoms with Gasteiger partial charge in [-0.2, -0.15) is 21.1 Å².